The molecule has 0 unspecified atom stereocenters. The highest BCUT2D eigenvalue weighted by Gasteiger charge is 2.17. The topological polar surface area (TPSA) is 106 Å². The molecular formula is C21H25N3O3. The fraction of sp³-hybridized carbons (Fsp3) is 0.381. The second-order valence-electron chi connectivity index (χ2n) is 7.70. The van der Waals surface area contributed by atoms with Crippen molar-refractivity contribution < 1.29 is 9.90 Å². The summed E-state index contributed by atoms with van der Waals surface area (Å²) in [4.78, 5) is 26.8. The lowest BCUT2D eigenvalue weighted by molar-refractivity contribution is -0.116. The normalized spacial score (nSPS) is 11.1. The summed E-state index contributed by atoms with van der Waals surface area (Å²) in [6, 6.07) is 7.09. The molecule has 0 radical (unpaired) electrons. The van der Waals surface area contributed by atoms with Crippen molar-refractivity contribution in [2.75, 3.05) is 5.32 Å². The van der Waals surface area contributed by atoms with Crippen molar-refractivity contribution in [1.82, 2.24) is 4.98 Å². The summed E-state index contributed by atoms with van der Waals surface area (Å²) in [6.07, 6.45) is 0.548. The number of nitrogens with one attached hydrogen (secondary N) is 2. The molecule has 1 aromatic carbocycles. The molecule has 0 atom stereocenters. The van der Waals surface area contributed by atoms with Gasteiger partial charge in [-0.1, -0.05) is 26.8 Å². The number of nitrogens with zero attached hydrogens (tertiary/aromatic N) is 1. The molecular weight excluding hydrogens is 342 g/mol. The first-order chi connectivity index (χ1) is 12.5. The molecule has 6 nitrogen and oxygen atoms in total. The number of benzene rings is 1. The van der Waals surface area contributed by atoms with Gasteiger partial charge in [0.1, 0.15) is 17.4 Å². The van der Waals surface area contributed by atoms with Crippen molar-refractivity contribution in [3.63, 3.8) is 0 Å². The van der Waals surface area contributed by atoms with E-state index in [0.717, 1.165) is 11.1 Å². The zero-order valence-electron chi connectivity index (χ0n) is 16.4. The maximum atomic E-state index is 12.4. The van der Waals surface area contributed by atoms with Crippen LogP contribution in [0.3, 0.4) is 0 Å². The van der Waals surface area contributed by atoms with E-state index in [4.69, 9.17) is 5.26 Å². The lowest BCUT2D eigenvalue weighted by atomic mass is 9.87. The number of aryl methyl sites for hydroxylation is 1. The van der Waals surface area contributed by atoms with E-state index in [2.05, 4.69) is 31.1 Å². The summed E-state index contributed by atoms with van der Waals surface area (Å²) in [6.45, 7) is 9.63. The number of hydrogen-bond donors (Lipinski definition) is 3. The quantitative estimate of drug-likeness (QED) is 0.720. The van der Waals surface area contributed by atoms with Gasteiger partial charge in [-0.25, -0.2) is 0 Å². The molecule has 2 rings (SSSR count). The number of aromatic hydroxyl groups is 1. The van der Waals surface area contributed by atoms with E-state index in [0.29, 0.717) is 23.4 Å². The lowest BCUT2D eigenvalue weighted by Crippen LogP contribution is -2.19. The van der Waals surface area contributed by atoms with Gasteiger partial charge in [0.2, 0.25) is 5.91 Å². The number of amides is 1. The molecule has 0 spiro atoms. The molecule has 1 aromatic heterocycles. The van der Waals surface area contributed by atoms with Crippen LogP contribution in [0.2, 0.25) is 0 Å². The van der Waals surface area contributed by atoms with E-state index in [1.165, 1.54) is 0 Å². The number of carbonyl (C=O) groups is 1. The maximum Gasteiger partial charge on any atom is 0.266 e. The zero-order chi connectivity index (χ0) is 20.4. The smallest absolute Gasteiger partial charge is 0.266 e. The first kappa shape index (κ1) is 20.2. The van der Waals surface area contributed by atoms with Gasteiger partial charge in [-0.2, -0.15) is 5.26 Å². The second-order valence-corrected chi connectivity index (χ2v) is 7.70. The van der Waals surface area contributed by atoms with Crippen molar-refractivity contribution >= 4 is 11.6 Å². The number of anilines is 1. The van der Waals surface area contributed by atoms with Crippen LogP contribution < -0.4 is 10.9 Å². The summed E-state index contributed by atoms with van der Waals surface area (Å²) in [5.74, 6) is -0.237. The number of nitriles is 1. The van der Waals surface area contributed by atoms with Crippen LogP contribution >= 0.6 is 0 Å². The number of hydrogen-bond acceptors (Lipinski definition) is 4. The number of rotatable bonds is 4. The Bertz CT molecular complexity index is 976. The predicted octanol–water partition coefficient (Wildman–Crippen LogP) is 3.44. The van der Waals surface area contributed by atoms with Crippen LogP contribution in [0, 0.1) is 25.2 Å². The highest BCUT2D eigenvalue weighted by molar-refractivity contribution is 5.92. The lowest BCUT2D eigenvalue weighted by Gasteiger charge is -2.20. The molecule has 2 aromatic rings. The van der Waals surface area contributed by atoms with Crippen LogP contribution in [-0.4, -0.2) is 16.0 Å². The molecule has 0 saturated heterocycles. The minimum Gasteiger partial charge on any atom is -0.506 e. The number of H-pyrrole nitrogens is 1. The third-order valence-corrected chi connectivity index (χ3v) is 4.66. The SMILES string of the molecule is Cc1[nH]c(=O)c(C#N)c(C)c1CCC(=O)Nc1cc(C(C)(C)C)ccc1O. The summed E-state index contributed by atoms with van der Waals surface area (Å²) in [5.41, 5.74) is 2.98. The van der Waals surface area contributed by atoms with Crippen LogP contribution in [0.25, 0.3) is 0 Å². The molecule has 1 amide bonds. The van der Waals surface area contributed by atoms with E-state index in [9.17, 15) is 14.7 Å². The third kappa shape index (κ3) is 4.56. The summed E-state index contributed by atoms with van der Waals surface area (Å²) in [7, 11) is 0. The van der Waals surface area contributed by atoms with Crippen molar-refractivity contribution in [3.05, 3.63) is 56.5 Å². The Morgan fingerprint density at radius 3 is 2.56 bits per heavy atom. The van der Waals surface area contributed by atoms with Gasteiger partial charge < -0.3 is 15.4 Å². The number of pyridine rings is 1. The maximum absolute atomic E-state index is 12.4. The van der Waals surface area contributed by atoms with Crippen molar-refractivity contribution in [3.8, 4) is 11.8 Å². The monoisotopic (exact) mass is 367 g/mol. The van der Waals surface area contributed by atoms with Gasteiger partial charge in [-0.05, 0) is 54.5 Å². The number of aromatic amines is 1. The molecule has 6 heteroatoms. The standard InChI is InChI=1S/C21H25N3O3/c1-12-15(13(2)23-20(27)16(12)11-22)7-9-19(26)24-17-10-14(21(3,4)5)6-8-18(17)25/h6,8,10,25H,7,9H2,1-5H3,(H,23,27)(H,24,26). The Morgan fingerprint density at radius 1 is 1.30 bits per heavy atom. The first-order valence-electron chi connectivity index (χ1n) is 8.80. The largest absolute Gasteiger partial charge is 0.506 e. The zero-order valence-corrected chi connectivity index (χ0v) is 16.4. The molecule has 0 aliphatic heterocycles. The van der Waals surface area contributed by atoms with E-state index in [1.807, 2.05) is 12.1 Å². The molecule has 0 bridgehead atoms. The van der Waals surface area contributed by atoms with Gasteiger partial charge in [-0.3, -0.25) is 9.59 Å². The van der Waals surface area contributed by atoms with Crippen LogP contribution in [0.15, 0.2) is 23.0 Å². The van der Waals surface area contributed by atoms with E-state index >= 15 is 0 Å². The van der Waals surface area contributed by atoms with Crippen LogP contribution in [-0.2, 0) is 16.6 Å². The molecule has 0 fully saturated rings. The number of carbonyl (C=O) groups excluding carboxylic acids is 1. The highest BCUT2D eigenvalue weighted by atomic mass is 16.3. The molecule has 0 saturated carbocycles. The number of phenols is 1. The van der Waals surface area contributed by atoms with E-state index < -0.39 is 5.56 Å². The summed E-state index contributed by atoms with van der Waals surface area (Å²) in [5, 5.41) is 21.9. The molecule has 0 aliphatic carbocycles. The van der Waals surface area contributed by atoms with Crippen LogP contribution in [0.4, 0.5) is 5.69 Å². The molecule has 1 heterocycles. The Morgan fingerprint density at radius 2 is 1.96 bits per heavy atom. The minimum atomic E-state index is -0.412. The number of phenolic OH excluding ortho intramolecular Hbond substituents is 1. The Balaban J connectivity index is 2.17. The average Bonchev–Trinajstić information content (AvgIpc) is 2.55. The Hall–Kier alpha value is -3.07. The number of aromatic nitrogens is 1. The predicted molar refractivity (Wildman–Crippen MR) is 105 cm³/mol. The minimum absolute atomic E-state index is 0.0134. The van der Waals surface area contributed by atoms with Gasteiger partial charge in [0, 0.05) is 12.1 Å². The van der Waals surface area contributed by atoms with Gasteiger partial charge >= 0.3 is 0 Å². The third-order valence-electron chi connectivity index (χ3n) is 4.66. The fourth-order valence-electron chi connectivity index (χ4n) is 2.97. The van der Waals surface area contributed by atoms with Crippen molar-refractivity contribution in [2.45, 2.75) is 52.9 Å². The average molecular weight is 367 g/mol. The van der Waals surface area contributed by atoms with Crippen molar-refractivity contribution in [1.29, 1.82) is 5.26 Å². The first-order valence-corrected chi connectivity index (χ1v) is 8.80. The van der Waals surface area contributed by atoms with Gasteiger partial charge in [-0.15, -0.1) is 0 Å². The van der Waals surface area contributed by atoms with E-state index in [-0.39, 0.29) is 29.1 Å². The Kier molecular flexibility index (Phi) is 5.75. The molecule has 27 heavy (non-hydrogen) atoms. The molecule has 3 N–H and O–H groups in total. The Labute approximate surface area is 158 Å². The summed E-state index contributed by atoms with van der Waals surface area (Å²) < 4.78 is 0. The molecule has 142 valence electrons. The highest BCUT2D eigenvalue weighted by Crippen LogP contribution is 2.30. The fourth-order valence-corrected chi connectivity index (χ4v) is 2.97. The van der Waals surface area contributed by atoms with Gasteiger partial charge in [0.05, 0.1) is 5.69 Å². The molecule has 0 aliphatic rings. The van der Waals surface area contributed by atoms with Crippen LogP contribution in [0.1, 0.15) is 55.1 Å². The van der Waals surface area contributed by atoms with Crippen molar-refractivity contribution in [2.24, 2.45) is 0 Å². The van der Waals surface area contributed by atoms with E-state index in [1.54, 1.807) is 26.0 Å². The summed E-state index contributed by atoms with van der Waals surface area (Å²) >= 11 is 0. The van der Waals surface area contributed by atoms with Crippen LogP contribution in [0.5, 0.6) is 5.75 Å². The second kappa shape index (κ2) is 7.67. The van der Waals surface area contributed by atoms with Gasteiger partial charge in [0.15, 0.2) is 0 Å². The van der Waals surface area contributed by atoms with Gasteiger partial charge in [0.25, 0.3) is 5.56 Å².